The molecule has 0 spiro atoms. The molecule has 1 rings (SSSR count). The normalized spacial score (nSPS) is 12.9. The number of halogens is 2. The van der Waals surface area contributed by atoms with Crippen LogP contribution in [0.15, 0.2) is 33.6 Å². The van der Waals surface area contributed by atoms with Crippen molar-refractivity contribution in [1.82, 2.24) is 0 Å². The SMILES string of the molecule is [O-][S+](CCI)c1cccc(Br)c1. The molecule has 0 saturated heterocycles. The Morgan fingerprint density at radius 3 is 2.83 bits per heavy atom. The van der Waals surface area contributed by atoms with Gasteiger partial charge in [-0.25, -0.2) is 0 Å². The molecule has 0 aliphatic rings. The lowest BCUT2D eigenvalue weighted by atomic mass is 10.4. The highest BCUT2D eigenvalue weighted by Crippen LogP contribution is 2.17. The van der Waals surface area contributed by atoms with Crippen molar-refractivity contribution in [3.05, 3.63) is 28.7 Å². The van der Waals surface area contributed by atoms with Gasteiger partial charge in [0.15, 0.2) is 4.90 Å². The number of alkyl halides is 1. The Morgan fingerprint density at radius 2 is 2.25 bits per heavy atom. The fraction of sp³-hybridized carbons (Fsp3) is 0.250. The van der Waals surface area contributed by atoms with Crippen LogP contribution < -0.4 is 0 Å². The molecule has 0 saturated carbocycles. The minimum Gasteiger partial charge on any atom is -0.611 e. The van der Waals surface area contributed by atoms with Crippen LogP contribution >= 0.6 is 38.5 Å². The summed E-state index contributed by atoms with van der Waals surface area (Å²) < 4.78 is 13.4. The summed E-state index contributed by atoms with van der Waals surface area (Å²) in [6, 6.07) is 7.64. The molecular weight excluding hydrogens is 351 g/mol. The van der Waals surface area contributed by atoms with Crippen LogP contribution in [0.1, 0.15) is 0 Å². The summed E-state index contributed by atoms with van der Waals surface area (Å²) in [5, 5.41) is 0. The zero-order chi connectivity index (χ0) is 8.97. The van der Waals surface area contributed by atoms with E-state index in [2.05, 4.69) is 38.5 Å². The number of benzene rings is 1. The predicted molar refractivity (Wildman–Crippen MR) is 64.3 cm³/mol. The Bertz CT molecular complexity index is 257. The molecule has 0 heterocycles. The highest BCUT2D eigenvalue weighted by atomic mass is 127. The van der Waals surface area contributed by atoms with Crippen molar-refractivity contribution in [3.63, 3.8) is 0 Å². The lowest BCUT2D eigenvalue weighted by Crippen LogP contribution is -2.07. The molecule has 0 radical (unpaired) electrons. The third kappa shape index (κ3) is 3.24. The minimum atomic E-state index is -0.831. The summed E-state index contributed by atoms with van der Waals surface area (Å²) in [7, 11) is 0. The molecule has 0 aromatic heterocycles. The summed E-state index contributed by atoms with van der Waals surface area (Å²) in [5.74, 6) is 0.733. The van der Waals surface area contributed by atoms with Crippen molar-refractivity contribution in [2.75, 3.05) is 10.2 Å². The monoisotopic (exact) mass is 358 g/mol. The number of hydrogen-bond acceptors (Lipinski definition) is 1. The Labute approximate surface area is 97.4 Å². The van der Waals surface area contributed by atoms with E-state index < -0.39 is 11.2 Å². The Kier molecular flexibility index (Phi) is 4.93. The van der Waals surface area contributed by atoms with Crippen LogP contribution in [-0.2, 0) is 11.2 Å². The van der Waals surface area contributed by atoms with Crippen LogP contribution in [0.4, 0.5) is 0 Å². The molecule has 4 heteroatoms. The van der Waals surface area contributed by atoms with Crippen molar-refractivity contribution in [2.24, 2.45) is 0 Å². The maximum atomic E-state index is 11.5. The first-order valence-electron chi connectivity index (χ1n) is 3.44. The maximum Gasteiger partial charge on any atom is 0.153 e. The van der Waals surface area contributed by atoms with E-state index in [9.17, 15) is 4.55 Å². The molecular formula is C8H8BrIOS. The molecule has 0 N–H and O–H groups in total. The largest absolute Gasteiger partial charge is 0.611 e. The third-order valence-corrected chi connectivity index (χ3v) is 4.44. The molecule has 1 aromatic carbocycles. The Balaban J connectivity index is 2.73. The van der Waals surface area contributed by atoms with Gasteiger partial charge in [0, 0.05) is 15.0 Å². The second-order valence-corrected chi connectivity index (χ2v) is 5.76. The fourth-order valence-electron chi connectivity index (χ4n) is 0.797. The summed E-state index contributed by atoms with van der Waals surface area (Å²) >= 11 is 4.75. The Morgan fingerprint density at radius 1 is 1.50 bits per heavy atom. The molecule has 1 aromatic rings. The quantitative estimate of drug-likeness (QED) is 0.462. The smallest absolute Gasteiger partial charge is 0.153 e. The van der Waals surface area contributed by atoms with Gasteiger partial charge in [0.05, 0.1) is 0 Å². The highest BCUT2D eigenvalue weighted by Gasteiger charge is 2.08. The van der Waals surface area contributed by atoms with Gasteiger partial charge in [-0.15, -0.1) is 0 Å². The van der Waals surface area contributed by atoms with Crippen LogP contribution in [0, 0.1) is 0 Å². The first kappa shape index (κ1) is 10.8. The van der Waals surface area contributed by atoms with Gasteiger partial charge in [0.25, 0.3) is 0 Å². The van der Waals surface area contributed by atoms with Crippen LogP contribution in [-0.4, -0.2) is 14.7 Å². The molecule has 0 aliphatic heterocycles. The van der Waals surface area contributed by atoms with E-state index in [0.29, 0.717) is 0 Å². The van der Waals surface area contributed by atoms with E-state index >= 15 is 0 Å². The first-order chi connectivity index (χ1) is 5.74. The molecule has 1 unspecified atom stereocenters. The fourth-order valence-corrected chi connectivity index (χ4v) is 3.41. The van der Waals surface area contributed by atoms with Gasteiger partial charge in [-0.3, -0.25) is 0 Å². The molecule has 1 nitrogen and oxygen atoms in total. The number of hydrogen-bond donors (Lipinski definition) is 0. The molecule has 0 bridgehead atoms. The van der Waals surface area contributed by atoms with Crippen LogP contribution in [0.5, 0.6) is 0 Å². The minimum absolute atomic E-state index is 0.733. The Hall–Kier alpha value is 0.740. The van der Waals surface area contributed by atoms with Crippen molar-refractivity contribution in [1.29, 1.82) is 0 Å². The number of rotatable bonds is 3. The highest BCUT2D eigenvalue weighted by molar-refractivity contribution is 14.1. The third-order valence-electron chi connectivity index (χ3n) is 1.32. The van der Waals surface area contributed by atoms with E-state index in [1.807, 2.05) is 24.3 Å². The van der Waals surface area contributed by atoms with Gasteiger partial charge in [0.2, 0.25) is 0 Å². The van der Waals surface area contributed by atoms with Gasteiger partial charge in [0.1, 0.15) is 5.75 Å². The zero-order valence-corrected chi connectivity index (χ0v) is 10.9. The summed E-state index contributed by atoms with van der Waals surface area (Å²) in [4.78, 5) is 0.904. The van der Waals surface area contributed by atoms with E-state index in [1.54, 1.807) is 0 Å². The van der Waals surface area contributed by atoms with Gasteiger partial charge >= 0.3 is 0 Å². The van der Waals surface area contributed by atoms with Gasteiger partial charge in [-0.1, -0.05) is 44.6 Å². The summed E-state index contributed by atoms with van der Waals surface area (Å²) in [6.07, 6.45) is 0. The lowest BCUT2D eigenvalue weighted by molar-refractivity contribution is 0.596. The summed E-state index contributed by atoms with van der Waals surface area (Å²) in [6.45, 7) is 0. The molecule has 0 amide bonds. The van der Waals surface area contributed by atoms with Crippen molar-refractivity contribution in [3.8, 4) is 0 Å². The van der Waals surface area contributed by atoms with Crippen LogP contribution in [0.2, 0.25) is 0 Å². The molecule has 66 valence electrons. The van der Waals surface area contributed by atoms with Crippen molar-refractivity contribution >= 4 is 49.7 Å². The van der Waals surface area contributed by atoms with E-state index in [4.69, 9.17) is 0 Å². The van der Waals surface area contributed by atoms with Crippen LogP contribution in [0.3, 0.4) is 0 Å². The van der Waals surface area contributed by atoms with E-state index in [1.165, 1.54) is 0 Å². The molecule has 1 atom stereocenters. The molecule has 0 fully saturated rings. The van der Waals surface area contributed by atoms with Crippen molar-refractivity contribution in [2.45, 2.75) is 4.90 Å². The van der Waals surface area contributed by atoms with Gasteiger partial charge in [-0.2, -0.15) is 0 Å². The van der Waals surface area contributed by atoms with E-state index in [-0.39, 0.29) is 0 Å². The topological polar surface area (TPSA) is 23.1 Å². The second-order valence-electron chi connectivity index (χ2n) is 2.20. The van der Waals surface area contributed by atoms with E-state index in [0.717, 1.165) is 19.5 Å². The lowest BCUT2D eigenvalue weighted by Gasteiger charge is -2.08. The first-order valence-corrected chi connectivity index (χ1v) is 7.07. The maximum absolute atomic E-state index is 11.5. The standard InChI is InChI=1S/C8H8BrIOS/c9-7-2-1-3-8(6-7)12(11)5-4-10/h1-3,6H,4-5H2. The van der Waals surface area contributed by atoms with Crippen LogP contribution in [0.25, 0.3) is 0 Å². The van der Waals surface area contributed by atoms with Gasteiger partial charge < -0.3 is 4.55 Å². The average Bonchev–Trinajstić information content (AvgIpc) is 2.05. The predicted octanol–water partition coefficient (Wildman–Crippen LogP) is 2.99. The van der Waals surface area contributed by atoms with Gasteiger partial charge in [-0.05, 0) is 23.3 Å². The second kappa shape index (κ2) is 5.47. The average molecular weight is 359 g/mol. The molecule has 12 heavy (non-hydrogen) atoms. The van der Waals surface area contributed by atoms with Crippen molar-refractivity contribution < 1.29 is 4.55 Å². The molecule has 0 aliphatic carbocycles. The zero-order valence-electron chi connectivity index (χ0n) is 6.30. The summed E-state index contributed by atoms with van der Waals surface area (Å²) in [5.41, 5.74) is 0.